The number of hydrogen-bond acceptors (Lipinski definition) is 5. The number of anilines is 1. The second-order valence-electron chi connectivity index (χ2n) is 7.14. The van der Waals surface area contributed by atoms with Crippen LogP contribution in [-0.2, 0) is 13.0 Å². The van der Waals surface area contributed by atoms with Gasteiger partial charge in [0.15, 0.2) is 9.90 Å². The van der Waals surface area contributed by atoms with Crippen LogP contribution in [0.5, 0.6) is 0 Å². The SMILES string of the molecule is C=CCn1c(=S)[nH]c2cc(C(=O)Nc3nc(C)c(Cc4ccccc4F)s3)ccc2c1=O. The third kappa shape index (κ3) is 4.30. The number of aromatic amines is 1. The van der Waals surface area contributed by atoms with Gasteiger partial charge in [-0.3, -0.25) is 19.5 Å². The van der Waals surface area contributed by atoms with Crippen LogP contribution in [0, 0.1) is 17.5 Å². The zero-order valence-electron chi connectivity index (χ0n) is 17.1. The Hall–Kier alpha value is -3.43. The summed E-state index contributed by atoms with van der Waals surface area (Å²) in [5.41, 5.74) is 1.89. The number of carbonyl (C=O) groups is 1. The van der Waals surface area contributed by atoms with Crippen LogP contribution in [0.4, 0.5) is 9.52 Å². The van der Waals surface area contributed by atoms with Gasteiger partial charge in [0.1, 0.15) is 5.82 Å². The van der Waals surface area contributed by atoms with Crippen molar-refractivity contribution in [1.29, 1.82) is 0 Å². The molecule has 0 unspecified atom stereocenters. The summed E-state index contributed by atoms with van der Waals surface area (Å²) in [6.07, 6.45) is 1.99. The minimum absolute atomic E-state index is 0.246. The van der Waals surface area contributed by atoms with E-state index in [1.54, 1.807) is 42.5 Å². The van der Waals surface area contributed by atoms with Crippen molar-refractivity contribution in [3.63, 3.8) is 0 Å². The number of carbonyl (C=O) groups excluding carboxylic acids is 1. The zero-order chi connectivity index (χ0) is 22.8. The Bertz CT molecular complexity index is 1470. The molecule has 32 heavy (non-hydrogen) atoms. The number of H-pyrrole nitrogens is 1. The van der Waals surface area contributed by atoms with Gasteiger partial charge in [0.25, 0.3) is 11.5 Å². The number of benzene rings is 2. The van der Waals surface area contributed by atoms with Crippen LogP contribution in [0.1, 0.15) is 26.5 Å². The first-order chi connectivity index (χ1) is 15.4. The molecule has 1 amide bonds. The molecule has 0 atom stereocenters. The monoisotopic (exact) mass is 466 g/mol. The summed E-state index contributed by atoms with van der Waals surface area (Å²) >= 11 is 6.56. The Kier molecular flexibility index (Phi) is 6.11. The summed E-state index contributed by atoms with van der Waals surface area (Å²) in [6, 6.07) is 11.3. The molecule has 2 aromatic heterocycles. The number of hydrogen-bond donors (Lipinski definition) is 2. The molecule has 9 heteroatoms. The van der Waals surface area contributed by atoms with Gasteiger partial charge in [-0.05, 0) is 49.0 Å². The average Bonchev–Trinajstić information content (AvgIpc) is 3.10. The fourth-order valence-electron chi connectivity index (χ4n) is 3.32. The molecule has 4 rings (SSSR count). The van der Waals surface area contributed by atoms with Gasteiger partial charge in [0, 0.05) is 23.4 Å². The van der Waals surface area contributed by atoms with Crippen molar-refractivity contribution in [2.45, 2.75) is 19.9 Å². The molecule has 2 aromatic carbocycles. The van der Waals surface area contributed by atoms with Crippen LogP contribution in [-0.4, -0.2) is 20.4 Å². The normalized spacial score (nSPS) is 10.9. The molecule has 2 N–H and O–H groups in total. The van der Waals surface area contributed by atoms with Gasteiger partial charge < -0.3 is 4.98 Å². The molecular weight excluding hydrogens is 447 g/mol. The van der Waals surface area contributed by atoms with Gasteiger partial charge in [-0.1, -0.05) is 24.3 Å². The highest BCUT2D eigenvalue weighted by molar-refractivity contribution is 7.71. The van der Waals surface area contributed by atoms with E-state index in [0.29, 0.717) is 40.1 Å². The molecular formula is C23H19FN4O2S2. The second kappa shape index (κ2) is 8.97. The molecule has 0 aliphatic heterocycles. The van der Waals surface area contributed by atoms with E-state index in [0.717, 1.165) is 10.6 Å². The van der Waals surface area contributed by atoms with E-state index in [4.69, 9.17) is 12.2 Å². The predicted molar refractivity (Wildman–Crippen MR) is 128 cm³/mol. The quantitative estimate of drug-likeness (QED) is 0.310. The highest BCUT2D eigenvalue weighted by Gasteiger charge is 2.15. The predicted octanol–water partition coefficient (Wildman–Crippen LogP) is 4.99. The zero-order valence-corrected chi connectivity index (χ0v) is 18.8. The topological polar surface area (TPSA) is 79.8 Å². The molecule has 4 aromatic rings. The fraction of sp³-hybridized carbons (Fsp3) is 0.130. The first-order valence-electron chi connectivity index (χ1n) is 9.76. The van der Waals surface area contributed by atoms with Gasteiger partial charge in [0.05, 0.1) is 16.6 Å². The van der Waals surface area contributed by atoms with Crippen molar-refractivity contribution < 1.29 is 9.18 Å². The Morgan fingerprint density at radius 1 is 1.34 bits per heavy atom. The van der Waals surface area contributed by atoms with Gasteiger partial charge >= 0.3 is 0 Å². The maximum atomic E-state index is 14.0. The van der Waals surface area contributed by atoms with E-state index in [1.165, 1.54) is 22.0 Å². The molecule has 0 aliphatic carbocycles. The molecule has 0 saturated carbocycles. The average molecular weight is 467 g/mol. The highest BCUT2D eigenvalue weighted by atomic mass is 32.1. The maximum Gasteiger partial charge on any atom is 0.262 e. The number of nitrogens with one attached hydrogen (secondary N) is 2. The molecule has 6 nitrogen and oxygen atoms in total. The number of amides is 1. The molecule has 0 fully saturated rings. The van der Waals surface area contributed by atoms with E-state index >= 15 is 0 Å². The van der Waals surface area contributed by atoms with Crippen LogP contribution in [0.2, 0.25) is 0 Å². The van der Waals surface area contributed by atoms with Gasteiger partial charge in [-0.2, -0.15) is 0 Å². The van der Waals surface area contributed by atoms with Crippen molar-refractivity contribution >= 4 is 45.5 Å². The molecule has 2 heterocycles. The lowest BCUT2D eigenvalue weighted by atomic mass is 10.1. The maximum absolute atomic E-state index is 14.0. The first-order valence-corrected chi connectivity index (χ1v) is 11.0. The summed E-state index contributed by atoms with van der Waals surface area (Å²) in [7, 11) is 0. The molecule has 162 valence electrons. The number of thiazole rings is 1. The number of aromatic nitrogens is 3. The van der Waals surface area contributed by atoms with E-state index in [9.17, 15) is 14.0 Å². The Morgan fingerprint density at radius 2 is 2.12 bits per heavy atom. The molecule has 0 saturated heterocycles. The molecule has 0 bridgehead atoms. The summed E-state index contributed by atoms with van der Waals surface area (Å²) in [5.74, 6) is -0.640. The van der Waals surface area contributed by atoms with Gasteiger partial charge in [0.2, 0.25) is 0 Å². The van der Waals surface area contributed by atoms with Crippen molar-refractivity contribution in [2.75, 3.05) is 5.32 Å². The van der Waals surface area contributed by atoms with Crippen LogP contribution in [0.15, 0.2) is 59.9 Å². The van der Waals surface area contributed by atoms with Crippen molar-refractivity contribution in [3.8, 4) is 0 Å². The van der Waals surface area contributed by atoms with E-state index in [2.05, 4.69) is 21.9 Å². The molecule has 0 spiro atoms. The number of allylic oxidation sites excluding steroid dienone is 1. The Labute approximate surface area is 192 Å². The summed E-state index contributed by atoms with van der Waals surface area (Å²) < 4.78 is 15.6. The van der Waals surface area contributed by atoms with Gasteiger partial charge in [-0.25, -0.2) is 9.37 Å². The van der Waals surface area contributed by atoms with Crippen LogP contribution in [0.25, 0.3) is 10.9 Å². The standard InChI is InChI=1S/C23H19FN4O2S2/c1-3-10-28-21(30)16-9-8-15(11-18(16)26-23(28)31)20(29)27-22-25-13(2)19(32-22)12-14-6-4-5-7-17(14)24/h3-9,11H,1,10,12H2,2H3,(H,26,31)(H,25,27,29). The van der Waals surface area contributed by atoms with Crippen molar-refractivity contribution in [2.24, 2.45) is 0 Å². The first kappa shape index (κ1) is 21.8. The van der Waals surface area contributed by atoms with E-state index in [-0.39, 0.29) is 22.1 Å². The Morgan fingerprint density at radius 3 is 2.88 bits per heavy atom. The minimum atomic E-state index is -0.368. The van der Waals surface area contributed by atoms with Crippen LogP contribution < -0.4 is 10.9 Å². The van der Waals surface area contributed by atoms with Crippen molar-refractivity contribution in [1.82, 2.24) is 14.5 Å². The second-order valence-corrected chi connectivity index (χ2v) is 8.62. The third-order valence-corrected chi connectivity index (χ3v) is 6.37. The van der Waals surface area contributed by atoms with Gasteiger partial charge in [-0.15, -0.1) is 17.9 Å². The number of fused-ring (bicyclic) bond motifs is 1. The lowest BCUT2D eigenvalue weighted by Gasteiger charge is -2.07. The smallest absolute Gasteiger partial charge is 0.262 e. The summed E-state index contributed by atoms with van der Waals surface area (Å²) in [6.45, 7) is 5.76. The lowest BCUT2D eigenvalue weighted by Crippen LogP contribution is -2.22. The summed E-state index contributed by atoms with van der Waals surface area (Å²) in [5, 5.41) is 3.63. The Balaban J connectivity index is 1.58. The highest BCUT2D eigenvalue weighted by Crippen LogP contribution is 2.26. The summed E-state index contributed by atoms with van der Waals surface area (Å²) in [4.78, 5) is 33.7. The molecule has 0 aliphatic rings. The number of halogens is 1. The van der Waals surface area contributed by atoms with Crippen molar-refractivity contribution in [3.05, 3.63) is 97.8 Å². The third-order valence-electron chi connectivity index (χ3n) is 4.98. The molecule has 0 radical (unpaired) electrons. The number of aryl methyl sites for hydroxylation is 1. The minimum Gasteiger partial charge on any atom is -0.332 e. The largest absolute Gasteiger partial charge is 0.332 e. The number of rotatable bonds is 6. The fourth-order valence-corrected chi connectivity index (χ4v) is 4.57. The van der Waals surface area contributed by atoms with Crippen LogP contribution >= 0.6 is 23.6 Å². The van der Waals surface area contributed by atoms with Crippen LogP contribution in [0.3, 0.4) is 0 Å². The lowest BCUT2D eigenvalue weighted by molar-refractivity contribution is 0.102. The van der Waals surface area contributed by atoms with E-state index < -0.39 is 0 Å². The van der Waals surface area contributed by atoms with E-state index in [1.807, 2.05) is 6.92 Å². The number of nitrogens with zero attached hydrogens (tertiary/aromatic N) is 2.